The molecule has 14 aromatic rings. The van der Waals surface area contributed by atoms with E-state index in [2.05, 4.69) is 118 Å². The van der Waals surface area contributed by atoms with Crippen molar-refractivity contribution in [2.45, 2.75) is 146 Å². The number of hydrogen-bond donors (Lipinski definition) is 4. The second kappa shape index (κ2) is 45.8. The van der Waals surface area contributed by atoms with Gasteiger partial charge in [-0.1, -0.05) is 107 Å². The molecule has 0 spiro atoms. The Morgan fingerprint density at radius 3 is 1.51 bits per heavy atom. The minimum Gasteiger partial charge on any atom is -0.493 e. The number of para-hydroxylation sites is 1. The lowest BCUT2D eigenvalue weighted by atomic mass is 9.87. The van der Waals surface area contributed by atoms with E-state index in [0.717, 1.165) is 214 Å². The number of aryl methyl sites for hydroxylation is 4. The molecule has 7 aliphatic heterocycles. The van der Waals surface area contributed by atoms with Gasteiger partial charge in [-0.25, -0.2) is 4.98 Å². The van der Waals surface area contributed by atoms with E-state index in [1.807, 2.05) is 110 Å². The molecule has 13 heterocycles. The number of thiophene rings is 2. The molecule has 4 atom stereocenters. The van der Waals surface area contributed by atoms with Crippen LogP contribution in [0.2, 0.25) is 10.0 Å². The summed E-state index contributed by atoms with van der Waals surface area (Å²) in [5, 5.41) is 58.2. The zero-order valence-electron chi connectivity index (χ0n) is 78.7. The number of hydrogen-bond acceptors (Lipinski definition) is 27. The second-order valence-corrected chi connectivity index (χ2v) is 40.1. The molecule has 21 rings (SSSR count). The summed E-state index contributed by atoms with van der Waals surface area (Å²) in [7, 11) is 3.51. The number of nitrogens with zero attached hydrogens (tertiary/aromatic N) is 10. The molecule has 7 aliphatic rings. The Labute approximate surface area is 822 Å². The molecule has 6 aromatic heterocycles. The van der Waals surface area contributed by atoms with E-state index in [-0.39, 0.29) is 32.3 Å². The van der Waals surface area contributed by atoms with Crippen LogP contribution in [0.1, 0.15) is 159 Å². The average Bonchev–Trinajstić information content (AvgIpc) is 1.63. The van der Waals surface area contributed by atoms with Gasteiger partial charge >= 0.3 is 0 Å². The number of β-amino-alcohol motifs (C(OH)–C–C–N with tert-alkyl or cyclic N) is 4. The molecule has 0 radical (unpaired) electrons. The number of carbonyl (C=O) groups excluding carboxylic acids is 1. The standard InChI is InChI=1S/C28H30N2O4S.C28H34N2O4S.C27H29N3O5.C25H27Cl2N3O3/c1-18-15-29-28(34-18)27-14-23-24(3-2-4-26(23)35-27)33-17-22(31)16-30-10-7-19(8-11-30)21-6-5-20-9-12-32-25(20)13-21;1-29(2)28(32)27-16-23-25(6-3-7-26(23)35-27)34-18-22(31)17-30-12-10-19(11-13-30)20-8-9-24-21(15-20)5-4-14-33-24;1-17-28-29-27(34-17)26-14-22-23(3-2-4-24(22)35-26)33-16-21(31)15-30-10-7-18(8-11-30)20-6-5-19-9-12-32-25(19)13-20;1-17-28-25(33-29-17)9-7-19-4-2-3-5-24(19)32-16-21(31)15-30-12-10-18(11-13-30)20-6-8-22(26)23(27)14-20/h2-6,13-15,19,22,31H,7-12,16-17H2,1H3;3,6-9,15-16,19,22,31H,4-5,10-14,17-18H2,1-2H3;2-6,13-14,18,21,31H,7-12,15-16H2,1H3;2-9,14,18,21,31H,10-13,15-16H2,1H3/b;;;9-7+/t2*22-;2*21-/m0000/s1. The lowest BCUT2D eigenvalue weighted by Crippen LogP contribution is -2.40. The van der Waals surface area contributed by atoms with Gasteiger partial charge in [-0.15, -0.1) is 32.9 Å². The number of aliphatic hydroxyl groups is 4. The molecule has 8 aromatic carbocycles. The minimum atomic E-state index is -0.583. The first-order valence-electron chi connectivity index (χ1n) is 48.1. The lowest BCUT2D eigenvalue weighted by molar-refractivity contribution is 0.0593. The topological polar surface area (TPSA) is 296 Å². The summed E-state index contributed by atoms with van der Waals surface area (Å²) in [4.78, 5) is 33.4. The molecule has 4 N–H and O–H groups in total. The summed E-state index contributed by atoms with van der Waals surface area (Å²) in [6.07, 6.45) is 15.9. The maximum Gasteiger partial charge on any atom is 0.283 e. The van der Waals surface area contributed by atoms with E-state index in [1.165, 1.54) is 50.3 Å². The number of aromatic nitrogens is 5. The summed E-state index contributed by atoms with van der Waals surface area (Å²) in [5.74, 6) is 11.9. The quantitative estimate of drug-likeness (QED) is 0.0339. The SMILES string of the molecule is CN(C)C(=O)c1cc2c(OC[C@@H](O)CN3CCC(c4ccc5c(c4)CCCO5)CC3)cccc2s1.Cc1cnc(-c2cc3c(OC[C@@H](O)CN4CCC(c5ccc6c(c5)OCC6)CC4)cccc3s2)o1.Cc1nnc(-c2cc3c(OC[C@@H](O)CN4CCC(c5ccc6c(c5)OCC6)CC4)cccc3o2)o1.Cc1noc(/C=C/c2ccccc2OC[C@@H](O)CN2CCC(c3ccc(Cl)c(Cl)c3)CC2)n1. The van der Waals surface area contributed by atoms with Crippen LogP contribution in [0, 0.1) is 20.8 Å². The van der Waals surface area contributed by atoms with Crippen molar-refractivity contribution in [3.05, 3.63) is 259 Å². The van der Waals surface area contributed by atoms with Gasteiger partial charge in [-0.3, -0.25) is 4.79 Å². The van der Waals surface area contributed by atoms with E-state index in [0.29, 0.717) is 123 Å². The van der Waals surface area contributed by atoms with Crippen LogP contribution in [0.3, 0.4) is 0 Å². The second-order valence-electron chi connectivity index (χ2n) is 37.1. The van der Waals surface area contributed by atoms with Crippen molar-refractivity contribution in [1.82, 2.24) is 49.8 Å². The summed E-state index contributed by atoms with van der Waals surface area (Å²) in [5.41, 5.74) is 11.0. The van der Waals surface area contributed by atoms with Crippen LogP contribution < -0.4 is 33.2 Å². The number of furan rings is 1. The molecule has 0 bridgehead atoms. The number of fused-ring (bicyclic) bond motifs is 6. The highest BCUT2D eigenvalue weighted by molar-refractivity contribution is 7.22. The lowest BCUT2D eigenvalue weighted by Gasteiger charge is -2.33. The van der Waals surface area contributed by atoms with E-state index in [1.54, 1.807) is 56.5 Å². The number of benzene rings is 8. The predicted molar refractivity (Wildman–Crippen MR) is 538 cm³/mol. The summed E-state index contributed by atoms with van der Waals surface area (Å²) >= 11 is 15.3. The smallest absolute Gasteiger partial charge is 0.283 e. The van der Waals surface area contributed by atoms with E-state index < -0.39 is 24.4 Å². The molecule has 4 fully saturated rings. The predicted octanol–water partition coefficient (Wildman–Crippen LogP) is 19.8. The van der Waals surface area contributed by atoms with E-state index in [4.69, 9.17) is 74.1 Å². The largest absolute Gasteiger partial charge is 0.493 e. The highest BCUT2D eigenvalue weighted by Crippen LogP contribution is 2.43. The third-order valence-corrected chi connectivity index (χ3v) is 29.7. The molecule has 0 saturated carbocycles. The van der Waals surface area contributed by atoms with Crippen LogP contribution in [0.5, 0.6) is 40.2 Å². The molecule has 30 heteroatoms. The molecule has 4 saturated heterocycles. The molecule has 1 amide bonds. The number of carbonyl (C=O) groups is 1. The number of amides is 1. The van der Waals surface area contributed by atoms with Crippen molar-refractivity contribution in [3.8, 4) is 62.7 Å². The molecular formula is C108H120Cl2N10O16S2. The van der Waals surface area contributed by atoms with Crippen molar-refractivity contribution < 1.29 is 76.2 Å². The number of halogens is 2. The van der Waals surface area contributed by atoms with Crippen molar-refractivity contribution in [2.75, 3.05) is 139 Å². The fourth-order valence-corrected chi connectivity index (χ4v) is 21.8. The van der Waals surface area contributed by atoms with E-state index >= 15 is 0 Å². The zero-order chi connectivity index (χ0) is 95.1. The third kappa shape index (κ3) is 25.0. The maximum absolute atomic E-state index is 12.3. The summed E-state index contributed by atoms with van der Waals surface area (Å²) < 4.78 is 65.5. The van der Waals surface area contributed by atoms with Gasteiger partial charge < -0.3 is 95.9 Å². The monoisotopic (exact) mass is 1950 g/mol. The number of aliphatic hydroxyl groups excluding tert-OH is 4. The first-order chi connectivity index (χ1) is 67.2. The Balaban J connectivity index is 0.000000122. The van der Waals surface area contributed by atoms with Crippen molar-refractivity contribution >= 4 is 95.1 Å². The first kappa shape index (κ1) is 97.0. The van der Waals surface area contributed by atoms with Crippen LogP contribution in [0.15, 0.2) is 194 Å². The summed E-state index contributed by atoms with van der Waals surface area (Å²) in [6, 6.07) is 57.0. The van der Waals surface area contributed by atoms with Gasteiger partial charge in [-0.2, -0.15) is 4.98 Å². The number of piperidine rings is 4. The van der Waals surface area contributed by atoms with Gasteiger partial charge in [0.25, 0.3) is 17.7 Å². The molecule has 724 valence electrons. The fraction of sp³-hybridized carbons (Fsp3) is 0.407. The molecule has 26 nitrogen and oxygen atoms in total. The van der Waals surface area contributed by atoms with Gasteiger partial charge in [0.2, 0.25) is 11.8 Å². The van der Waals surface area contributed by atoms with Crippen molar-refractivity contribution in [3.63, 3.8) is 0 Å². The Kier molecular flexibility index (Phi) is 32.2. The molecule has 0 unspecified atom stereocenters. The maximum atomic E-state index is 12.3. The van der Waals surface area contributed by atoms with Crippen molar-refractivity contribution in [1.29, 1.82) is 0 Å². The number of likely N-dealkylation sites (tertiary alicyclic amines) is 4. The Bertz CT molecular complexity index is 6250. The van der Waals surface area contributed by atoms with E-state index in [9.17, 15) is 25.2 Å². The third-order valence-electron chi connectivity index (χ3n) is 26.8. The Morgan fingerprint density at radius 2 is 0.978 bits per heavy atom. The fourth-order valence-electron chi connectivity index (χ4n) is 19.4. The van der Waals surface area contributed by atoms with Crippen LogP contribution in [-0.4, -0.2) is 239 Å². The Hall–Kier alpha value is -11.2. The van der Waals surface area contributed by atoms with Crippen LogP contribution >= 0.6 is 45.9 Å². The van der Waals surface area contributed by atoms with Crippen molar-refractivity contribution in [2.24, 2.45) is 0 Å². The first-order valence-corrected chi connectivity index (χ1v) is 50.5. The summed E-state index contributed by atoms with van der Waals surface area (Å²) in [6.45, 7) is 18.9. The number of ether oxygens (including phenoxy) is 7. The molecule has 0 aliphatic carbocycles. The van der Waals surface area contributed by atoms with Gasteiger partial charge in [0.15, 0.2) is 11.6 Å². The zero-order valence-corrected chi connectivity index (χ0v) is 81.8. The minimum absolute atomic E-state index is 0.00990. The van der Waals surface area contributed by atoms with Crippen LogP contribution in [-0.2, 0) is 19.3 Å². The Morgan fingerprint density at radius 1 is 0.478 bits per heavy atom. The van der Waals surface area contributed by atoms with Gasteiger partial charge in [0.05, 0.1) is 51.2 Å². The molecule has 138 heavy (non-hydrogen) atoms. The average molecular weight is 1950 g/mol. The van der Waals surface area contributed by atoms with Gasteiger partial charge in [0, 0.05) is 97.9 Å². The molecular weight excluding hydrogens is 1830 g/mol. The van der Waals surface area contributed by atoms with Gasteiger partial charge in [0.1, 0.15) is 102 Å². The van der Waals surface area contributed by atoms with Gasteiger partial charge in [-0.05, 0) is 284 Å². The van der Waals surface area contributed by atoms with Crippen LogP contribution in [0.25, 0.3) is 65.7 Å². The highest BCUT2D eigenvalue weighted by Gasteiger charge is 2.31. The highest BCUT2D eigenvalue weighted by atomic mass is 35.5. The van der Waals surface area contributed by atoms with Crippen LogP contribution in [0.4, 0.5) is 0 Å². The number of oxazole rings is 1. The normalized spacial score (nSPS) is 17.2. The number of rotatable bonds is 29.